The lowest BCUT2D eigenvalue weighted by atomic mass is 10.0. The molecule has 3 rings (SSSR count). The van der Waals surface area contributed by atoms with E-state index in [1.165, 1.54) is 31.4 Å². The molecule has 4 heteroatoms. The Morgan fingerprint density at radius 1 is 1.30 bits per heavy atom. The molecule has 2 fully saturated rings. The first-order chi connectivity index (χ1) is 9.74. The number of benzene rings is 1. The van der Waals surface area contributed by atoms with Crippen LogP contribution in [0.15, 0.2) is 24.3 Å². The van der Waals surface area contributed by atoms with Gasteiger partial charge in [0.1, 0.15) is 5.82 Å². The van der Waals surface area contributed by atoms with Crippen LogP contribution in [0.1, 0.15) is 37.3 Å². The number of ether oxygens (including phenoxy) is 1. The fourth-order valence-corrected chi connectivity index (χ4v) is 3.46. The van der Waals surface area contributed by atoms with Crippen LogP contribution in [0.2, 0.25) is 0 Å². The molecule has 3 atom stereocenters. The molecule has 0 spiro atoms. The van der Waals surface area contributed by atoms with E-state index < -0.39 is 0 Å². The van der Waals surface area contributed by atoms with Crippen molar-refractivity contribution >= 4 is 0 Å². The first-order valence-electron chi connectivity index (χ1n) is 7.61. The molecule has 110 valence electrons. The van der Waals surface area contributed by atoms with Gasteiger partial charge in [-0.3, -0.25) is 4.90 Å². The van der Waals surface area contributed by atoms with Crippen molar-refractivity contribution in [2.45, 2.75) is 43.9 Å². The van der Waals surface area contributed by atoms with Crippen molar-refractivity contribution in [1.82, 2.24) is 4.90 Å². The van der Waals surface area contributed by atoms with Crippen LogP contribution in [0.25, 0.3) is 0 Å². The van der Waals surface area contributed by atoms with E-state index in [0.29, 0.717) is 12.1 Å². The number of rotatable bonds is 4. The summed E-state index contributed by atoms with van der Waals surface area (Å²) in [6.07, 6.45) is 5.07. The third kappa shape index (κ3) is 3.03. The Morgan fingerprint density at radius 3 is 2.90 bits per heavy atom. The number of hydrogen-bond donors (Lipinski definition) is 1. The summed E-state index contributed by atoms with van der Waals surface area (Å²) in [6, 6.07) is 7.12. The Balaban J connectivity index is 1.54. The van der Waals surface area contributed by atoms with Gasteiger partial charge in [0, 0.05) is 25.2 Å². The van der Waals surface area contributed by atoms with E-state index in [9.17, 15) is 4.39 Å². The average Bonchev–Trinajstić information content (AvgIpc) is 2.94. The number of fused-ring (bicyclic) bond motifs is 1. The van der Waals surface area contributed by atoms with Crippen LogP contribution in [0.3, 0.4) is 0 Å². The highest BCUT2D eigenvalue weighted by Gasteiger charge is 2.35. The minimum absolute atomic E-state index is 0.0155. The van der Waals surface area contributed by atoms with Crippen LogP contribution in [0.5, 0.6) is 0 Å². The molecule has 0 amide bonds. The minimum Gasteiger partial charge on any atom is -0.375 e. The molecule has 1 aromatic rings. The second-order valence-corrected chi connectivity index (χ2v) is 5.89. The van der Waals surface area contributed by atoms with E-state index >= 15 is 0 Å². The molecular formula is C16H23FN2O. The first kappa shape index (κ1) is 14.0. The Bertz CT molecular complexity index is 437. The lowest BCUT2D eigenvalue weighted by Crippen LogP contribution is -2.49. The maximum atomic E-state index is 12.9. The lowest BCUT2D eigenvalue weighted by molar-refractivity contribution is -0.0561. The van der Waals surface area contributed by atoms with Crippen molar-refractivity contribution in [2.24, 2.45) is 5.73 Å². The van der Waals surface area contributed by atoms with Crippen LogP contribution >= 0.6 is 0 Å². The van der Waals surface area contributed by atoms with Gasteiger partial charge < -0.3 is 10.5 Å². The zero-order chi connectivity index (χ0) is 13.9. The highest BCUT2D eigenvalue weighted by Crippen LogP contribution is 2.30. The molecule has 1 saturated heterocycles. The zero-order valence-corrected chi connectivity index (χ0v) is 11.8. The van der Waals surface area contributed by atoms with Crippen LogP contribution < -0.4 is 5.73 Å². The molecular weight excluding hydrogens is 255 g/mol. The summed E-state index contributed by atoms with van der Waals surface area (Å²) < 4.78 is 18.7. The van der Waals surface area contributed by atoms with Crippen LogP contribution in [-0.2, 0) is 4.74 Å². The van der Waals surface area contributed by atoms with Crippen molar-refractivity contribution in [3.8, 4) is 0 Å². The summed E-state index contributed by atoms with van der Waals surface area (Å²) >= 11 is 0. The van der Waals surface area contributed by atoms with E-state index in [1.807, 2.05) is 0 Å². The van der Waals surface area contributed by atoms with Crippen molar-refractivity contribution in [3.05, 3.63) is 35.6 Å². The maximum absolute atomic E-state index is 12.9. The van der Waals surface area contributed by atoms with Crippen molar-refractivity contribution in [1.29, 1.82) is 0 Å². The van der Waals surface area contributed by atoms with Gasteiger partial charge in [-0.15, -0.1) is 0 Å². The SMILES string of the molecule is NC(CCN1CCOC2CCCC21)c1ccc(F)cc1. The van der Waals surface area contributed by atoms with Crippen molar-refractivity contribution in [2.75, 3.05) is 19.7 Å². The van der Waals surface area contributed by atoms with Gasteiger partial charge in [-0.1, -0.05) is 12.1 Å². The Kier molecular flexibility index (Phi) is 4.34. The molecule has 1 aliphatic heterocycles. The van der Waals surface area contributed by atoms with E-state index in [4.69, 9.17) is 10.5 Å². The fraction of sp³-hybridized carbons (Fsp3) is 0.625. The Morgan fingerprint density at radius 2 is 2.10 bits per heavy atom. The van der Waals surface area contributed by atoms with Crippen molar-refractivity contribution in [3.63, 3.8) is 0 Å². The summed E-state index contributed by atoms with van der Waals surface area (Å²) in [5.74, 6) is -0.206. The number of nitrogens with two attached hydrogens (primary N) is 1. The van der Waals surface area contributed by atoms with Gasteiger partial charge in [0.15, 0.2) is 0 Å². The largest absolute Gasteiger partial charge is 0.375 e. The molecule has 3 nitrogen and oxygen atoms in total. The quantitative estimate of drug-likeness (QED) is 0.919. The average molecular weight is 278 g/mol. The summed E-state index contributed by atoms with van der Waals surface area (Å²) in [6.45, 7) is 2.85. The van der Waals surface area contributed by atoms with Gasteiger partial charge >= 0.3 is 0 Å². The lowest BCUT2D eigenvalue weighted by Gasteiger charge is -2.38. The summed E-state index contributed by atoms with van der Waals surface area (Å²) in [5, 5.41) is 0. The van der Waals surface area contributed by atoms with Gasteiger partial charge in [0.05, 0.1) is 12.7 Å². The van der Waals surface area contributed by atoms with Gasteiger partial charge in [0.25, 0.3) is 0 Å². The summed E-state index contributed by atoms with van der Waals surface area (Å²) in [7, 11) is 0. The summed E-state index contributed by atoms with van der Waals surface area (Å²) in [5.41, 5.74) is 7.24. The monoisotopic (exact) mass is 278 g/mol. The summed E-state index contributed by atoms with van der Waals surface area (Å²) in [4.78, 5) is 2.53. The molecule has 20 heavy (non-hydrogen) atoms. The molecule has 3 unspecified atom stereocenters. The fourth-order valence-electron chi connectivity index (χ4n) is 3.46. The van der Waals surface area contributed by atoms with E-state index in [-0.39, 0.29) is 11.9 Å². The number of nitrogens with zero attached hydrogens (tertiary/aromatic N) is 1. The molecule has 1 heterocycles. The Labute approximate surface area is 119 Å². The van der Waals surface area contributed by atoms with Crippen LogP contribution in [0, 0.1) is 5.82 Å². The molecule has 2 aliphatic rings. The second-order valence-electron chi connectivity index (χ2n) is 5.89. The predicted octanol–water partition coefficient (Wildman–Crippen LogP) is 2.47. The second kappa shape index (κ2) is 6.20. The standard InChI is InChI=1S/C16H23FN2O/c17-13-6-4-12(5-7-13)14(18)8-9-19-10-11-20-16-3-1-2-15(16)19/h4-7,14-16H,1-3,8-11,18H2. The highest BCUT2D eigenvalue weighted by molar-refractivity contribution is 5.19. The number of morpholine rings is 1. The molecule has 0 bridgehead atoms. The first-order valence-corrected chi connectivity index (χ1v) is 7.61. The minimum atomic E-state index is -0.206. The van der Waals surface area contributed by atoms with Gasteiger partial charge in [0.2, 0.25) is 0 Å². The van der Waals surface area contributed by atoms with Gasteiger partial charge in [-0.05, 0) is 43.4 Å². The molecule has 2 N–H and O–H groups in total. The van der Waals surface area contributed by atoms with E-state index in [0.717, 1.165) is 31.7 Å². The molecule has 0 aromatic heterocycles. The van der Waals surface area contributed by atoms with Crippen molar-refractivity contribution < 1.29 is 9.13 Å². The third-order valence-electron chi connectivity index (χ3n) is 4.62. The van der Waals surface area contributed by atoms with Crippen LogP contribution in [-0.4, -0.2) is 36.7 Å². The smallest absolute Gasteiger partial charge is 0.123 e. The van der Waals surface area contributed by atoms with Gasteiger partial charge in [-0.25, -0.2) is 4.39 Å². The normalized spacial score (nSPS) is 28.3. The molecule has 0 radical (unpaired) electrons. The maximum Gasteiger partial charge on any atom is 0.123 e. The third-order valence-corrected chi connectivity index (χ3v) is 4.62. The topological polar surface area (TPSA) is 38.5 Å². The Hall–Kier alpha value is -0.970. The number of hydrogen-bond acceptors (Lipinski definition) is 3. The van der Waals surface area contributed by atoms with E-state index in [2.05, 4.69) is 4.90 Å². The van der Waals surface area contributed by atoms with E-state index in [1.54, 1.807) is 12.1 Å². The van der Waals surface area contributed by atoms with Crippen LogP contribution in [0.4, 0.5) is 4.39 Å². The zero-order valence-electron chi connectivity index (χ0n) is 11.8. The molecule has 1 saturated carbocycles. The number of halogens is 1. The van der Waals surface area contributed by atoms with Gasteiger partial charge in [-0.2, -0.15) is 0 Å². The highest BCUT2D eigenvalue weighted by atomic mass is 19.1. The molecule has 1 aromatic carbocycles. The predicted molar refractivity (Wildman–Crippen MR) is 76.9 cm³/mol. The molecule has 1 aliphatic carbocycles.